The molecule has 6 nitrogen and oxygen atoms in total. The Morgan fingerprint density at radius 2 is 1.76 bits per heavy atom. The van der Waals surface area contributed by atoms with E-state index in [2.05, 4.69) is 0 Å². The van der Waals surface area contributed by atoms with E-state index in [0.717, 1.165) is 10.0 Å². The molecule has 0 aliphatic rings. The van der Waals surface area contributed by atoms with Crippen LogP contribution in [0.1, 0.15) is 12.5 Å². The zero-order valence-corrected chi connectivity index (χ0v) is 9.62. The van der Waals surface area contributed by atoms with Crippen LogP contribution in [-0.2, 0) is 11.4 Å². The minimum absolute atomic E-state index is 0.115. The van der Waals surface area contributed by atoms with Gasteiger partial charge >= 0.3 is 6.09 Å². The average Bonchev–Trinajstić information content (AvgIpc) is 2.29. The van der Waals surface area contributed by atoms with Crippen molar-refractivity contribution in [3.05, 3.63) is 29.8 Å². The highest BCUT2D eigenvalue weighted by Crippen LogP contribution is 2.17. The van der Waals surface area contributed by atoms with E-state index in [1.807, 2.05) is 0 Å². The summed E-state index contributed by atoms with van der Waals surface area (Å²) in [6.45, 7) is 1.16. The molecule has 0 aliphatic heterocycles. The van der Waals surface area contributed by atoms with Crippen LogP contribution in [0.3, 0.4) is 0 Å². The van der Waals surface area contributed by atoms with Crippen molar-refractivity contribution in [3.63, 3.8) is 0 Å². The number of benzene rings is 1. The van der Waals surface area contributed by atoms with Gasteiger partial charge in [0.05, 0.1) is 12.3 Å². The maximum absolute atomic E-state index is 11.2. The van der Waals surface area contributed by atoms with Crippen molar-refractivity contribution in [1.82, 2.24) is 5.01 Å². The molecule has 0 heterocycles. The lowest BCUT2D eigenvalue weighted by atomic mass is 10.2. The quantitative estimate of drug-likeness (QED) is 0.755. The van der Waals surface area contributed by atoms with Crippen LogP contribution < -0.4 is 5.01 Å². The summed E-state index contributed by atoms with van der Waals surface area (Å²) in [5.74, 6) is -0.390. The van der Waals surface area contributed by atoms with Gasteiger partial charge in [-0.1, -0.05) is 12.1 Å². The molecule has 1 aromatic rings. The van der Waals surface area contributed by atoms with Gasteiger partial charge in [-0.2, -0.15) is 5.01 Å². The van der Waals surface area contributed by atoms with E-state index in [4.69, 9.17) is 10.2 Å². The number of carboxylic acid groups (broad SMARTS) is 1. The number of aliphatic hydroxyl groups excluding tert-OH is 1. The molecular formula is C11H14N2O4. The lowest BCUT2D eigenvalue weighted by Crippen LogP contribution is -2.46. The molecule has 1 aromatic carbocycles. The predicted molar refractivity (Wildman–Crippen MR) is 61.3 cm³/mol. The number of anilines is 1. The Balaban J connectivity index is 3.05. The van der Waals surface area contributed by atoms with E-state index in [-0.39, 0.29) is 6.61 Å². The van der Waals surface area contributed by atoms with Gasteiger partial charge in [0.15, 0.2) is 0 Å². The molecule has 2 N–H and O–H groups in total. The Labute approximate surface area is 98.7 Å². The third kappa shape index (κ3) is 2.94. The molecule has 6 heteroatoms. The fraction of sp³-hybridized carbons (Fsp3) is 0.273. The number of aliphatic hydroxyl groups is 1. The van der Waals surface area contributed by atoms with Gasteiger partial charge in [-0.15, -0.1) is 0 Å². The van der Waals surface area contributed by atoms with Gasteiger partial charge in [-0.25, -0.2) is 9.80 Å². The van der Waals surface area contributed by atoms with Gasteiger partial charge in [-0.05, 0) is 17.7 Å². The molecule has 0 aromatic heterocycles. The molecule has 0 radical (unpaired) electrons. The second-order valence-electron chi connectivity index (χ2n) is 3.46. The molecule has 1 rings (SSSR count). The zero-order chi connectivity index (χ0) is 13.0. The summed E-state index contributed by atoms with van der Waals surface area (Å²) < 4.78 is 0. The number of hydrazine groups is 1. The maximum Gasteiger partial charge on any atom is 0.431 e. The van der Waals surface area contributed by atoms with Crippen molar-refractivity contribution in [1.29, 1.82) is 0 Å². The first-order chi connectivity index (χ1) is 7.97. The number of carbonyl (C=O) groups excluding carboxylic acids is 1. The standard InChI is InChI=1S/C11H14N2O4/c1-8(15)12(2)13(11(16)17)10-5-3-9(7-14)4-6-10/h3-6,14H,7H2,1-2H3,(H,16,17). The van der Waals surface area contributed by atoms with Gasteiger partial charge in [0.2, 0.25) is 5.91 Å². The normalized spacial score (nSPS) is 9.82. The predicted octanol–water partition coefficient (Wildman–Crippen LogP) is 1.06. The minimum Gasteiger partial charge on any atom is -0.463 e. The van der Waals surface area contributed by atoms with Crippen LogP contribution in [0.15, 0.2) is 24.3 Å². The van der Waals surface area contributed by atoms with Crippen molar-refractivity contribution in [2.24, 2.45) is 0 Å². The van der Waals surface area contributed by atoms with Crippen molar-refractivity contribution in [3.8, 4) is 0 Å². The Hall–Kier alpha value is -2.08. The van der Waals surface area contributed by atoms with E-state index in [0.29, 0.717) is 11.3 Å². The van der Waals surface area contributed by atoms with Crippen LogP contribution in [0, 0.1) is 0 Å². The molecule has 0 saturated carbocycles. The van der Waals surface area contributed by atoms with Gasteiger partial charge in [0, 0.05) is 14.0 Å². The van der Waals surface area contributed by atoms with Gasteiger partial charge in [0.25, 0.3) is 0 Å². The van der Waals surface area contributed by atoms with Crippen LogP contribution in [0.25, 0.3) is 0 Å². The molecule has 92 valence electrons. The third-order valence-electron chi connectivity index (χ3n) is 2.30. The molecule has 0 unspecified atom stereocenters. The fourth-order valence-electron chi connectivity index (χ4n) is 1.30. The summed E-state index contributed by atoms with van der Waals surface area (Å²) in [5.41, 5.74) is 1.01. The lowest BCUT2D eigenvalue weighted by molar-refractivity contribution is -0.127. The summed E-state index contributed by atoms with van der Waals surface area (Å²) in [6.07, 6.45) is -1.25. The number of rotatable bonds is 2. The summed E-state index contributed by atoms with van der Waals surface area (Å²) in [5, 5.41) is 19.8. The summed E-state index contributed by atoms with van der Waals surface area (Å²) in [6, 6.07) is 6.25. The summed E-state index contributed by atoms with van der Waals surface area (Å²) in [7, 11) is 1.37. The molecular weight excluding hydrogens is 224 g/mol. The Bertz CT molecular complexity index is 416. The van der Waals surface area contributed by atoms with Crippen LogP contribution in [-0.4, -0.2) is 34.3 Å². The SMILES string of the molecule is CC(=O)N(C)N(C(=O)O)c1ccc(CO)cc1. The van der Waals surface area contributed by atoms with Crippen LogP contribution in [0.5, 0.6) is 0 Å². The third-order valence-corrected chi connectivity index (χ3v) is 2.30. The summed E-state index contributed by atoms with van der Waals surface area (Å²) in [4.78, 5) is 22.2. The van der Waals surface area contributed by atoms with Gasteiger partial charge in [-0.3, -0.25) is 4.79 Å². The molecule has 2 amide bonds. The van der Waals surface area contributed by atoms with E-state index in [1.54, 1.807) is 12.1 Å². The Kier molecular flexibility index (Phi) is 4.06. The van der Waals surface area contributed by atoms with E-state index >= 15 is 0 Å². The molecule has 0 spiro atoms. The zero-order valence-electron chi connectivity index (χ0n) is 9.62. The molecule has 0 fully saturated rings. The molecule has 17 heavy (non-hydrogen) atoms. The van der Waals surface area contributed by atoms with Gasteiger partial charge in [0.1, 0.15) is 0 Å². The van der Waals surface area contributed by atoms with Gasteiger partial charge < -0.3 is 10.2 Å². The smallest absolute Gasteiger partial charge is 0.431 e. The number of carbonyl (C=O) groups is 2. The molecule has 0 aliphatic carbocycles. The van der Waals surface area contributed by atoms with Crippen molar-refractivity contribution >= 4 is 17.7 Å². The van der Waals surface area contributed by atoms with Crippen molar-refractivity contribution < 1.29 is 19.8 Å². The highest BCUT2D eigenvalue weighted by atomic mass is 16.4. The first-order valence-corrected chi connectivity index (χ1v) is 4.94. The summed E-state index contributed by atoms with van der Waals surface area (Å²) >= 11 is 0. The van der Waals surface area contributed by atoms with Crippen LogP contribution >= 0.6 is 0 Å². The monoisotopic (exact) mass is 238 g/mol. The van der Waals surface area contributed by atoms with Crippen molar-refractivity contribution in [2.75, 3.05) is 12.1 Å². The average molecular weight is 238 g/mol. The number of hydrogen-bond donors (Lipinski definition) is 2. The van der Waals surface area contributed by atoms with Crippen LogP contribution in [0.2, 0.25) is 0 Å². The highest BCUT2D eigenvalue weighted by molar-refractivity contribution is 5.90. The van der Waals surface area contributed by atoms with E-state index in [9.17, 15) is 9.59 Å². The largest absolute Gasteiger partial charge is 0.463 e. The highest BCUT2D eigenvalue weighted by Gasteiger charge is 2.21. The Morgan fingerprint density at radius 3 is 2.12 bits per heavy atom. The van der Waals surface area contributed by atoms with Crippen molar-refractivity contribution in [2.45, 2.75) is 13.5 Å². The number of nitrogens with zero attached hydrogens (tertiary/aromatic N) is 2. The first-order valence-electron chi connectivity index (χ1n) is 4.94. The lowest BCUT2D eigenvalue weighted by Gasteiger charge is -2.28. The maximum atomic E-state index is 11.2. The molecule has 0 saturated heterocycles. The number of hydrogen-bond acceptors (Lipinski definition) is 3. The first kappa shape index (κ1) is 13.0. The minimum atomic E-state index is -1.25. The topological polar surface area (TPSA) is 81.1 Å². The molecule has 0 atom stereocenters. The van der Waals surface area contributed by atoms with Crippen LogP contribution in [0.4, 0.5) is 10.5 Å². The number of amides is 2. The van der Waals surface area contributed by atoms with E-state index in [1.165, 1.54) is 26.1 Å². The fourth-order valence-corrected chi connectivity index (χ4v) is 1.30. The Morgan fingerprint density at radius 1 is 1.24 bits per heavy atom. The second kappa shape index (κ2) is 5.31. The molecule has 0 bridgehead atoms. The van der Waals surface area contributed by atoms with E-state index < -0.39 is 12.0 Å². The second-order valence-corrected chi connectivity index (χ2v) is 3.46.